The van der Waals surface area contributed by atoms with Crippen LogP contribution in [0.2, 0.25) is 0 Å². The summed E-state index contributed by atoms with van der Waals surface area (Å²) in [6.45, 7) is 0. The van der Waals surface area contributed by atoms with Crippen molar-refractivity contribution in [3.63, 3.8) is 0 Å². The Morgan fingerprint density at radius 2 is 1.87 bits per heavy atom. The summed E-state index contributed by atoms with van der Waals surface area (Å²) in [4.78, 5) is 14.9. The Morgan fingerprint density at radius 1 is 1.22 bits per heavy atom. The van der Waals surface area contributed by atoms with Crippen LogP contribution in [0.5, 0.6) is 5.75 Å². The number of carbonyl (C=O) groups is 1. The van der Waals surface area contributed by atoms with Gasteiger partial charge in [-0.2, -0.15) is 0 Å². The van der Waals surface area contributed by atoms with Gasteiger partial charge in [-0.05, 0) is 89.2 Å². The predicted octanol–water partition coefficient (Wildman–Crippen LogP) is 3.64. The van der Waals surface area contributed by atoms with E-state index in [1.54, 1.807) is 7.11 Å². The Bertz CT molecular complexity index is 599. The quantitative estimate of drug-likeness (QED) is 0.433. The summed E-state index contributed by atoms with van der Waals surface area (Å²) in [6, 6.07) is 5.21. The average Bonchev–Trinajstić information content (AvgIpc) is 2.76. The molecule has 2 heterocycles. The van der Waals surface area contributed by atoms with Crippen LogP contribution in [0.25, 0.3) is 0 Å². The van der Waals surface area contributed by atoms with E-state index in [4.69, 9.17) is 9.47 Å². The third-order valence-electron chi connectivity index (χ3n) is 5.40. The van der Waals surface area contributed by atoms with E-state index in [0.29, 0.717) is 12.1 Å². The number of nitrogens with zero attached hydrogens (tertiary/aromatic N) is 1. The molecule has 2 aliphatic rings. The van der Waals surface area contributed by atoms with Gasteiger partial charge in [-0.25, -0.2) is 0 Å². The maximum absolute atomic E-state index is 12.5. The summed E-state index contributed by atoms with van der Waals surface area (Å²) in [5.41, 5.74) is 1.24. The van der Waals surface area contributed by atoms with Crippen LogP contribution < -0.4 is 4.74 Å². The molecule has 0 amide bonds. The fourth-order valence-electron chi connectivity index (χ4n) is 4.26. The third kappa shape index (κ3) is 3.10. The van der Waals surface area contributed by atoms with E-state index >= 15 is 0 Å². The highest BCUT2D eigenvalue weighted by Crippen LogP contribution is 2.47. The van der Waals surface area contributed by atoms with Crippen molar-refractivity contribution >= 4 is 51.2 Å². The highest BCUT2D eigenvalue weighted by Gasteiger charge is 2.49. The van der Waals surface area contributed by atoms with Crippen LogP contribution in [0, 0.1) is 13.1 Å². The monoisotopic (exact) mass is 541 g/mol. The fourth-order valence-corrected chi connectivity index (χ4v) is 6.51. The molecule has 1 aromatic rings. The largest absolute Gasteiger partial charge is 0.495 e. The van der Waals surface area contributed by atoms with Gasteiger partial charge >= 0.3 is 5.97 Å². The number of rotatable bonds is 3. The number of hydrogen-bond acceptors (Lipinski definition) is 4. The Kier molecular flexibility index (Phi) is 5.42. The molecule has 0 saturated carbocycles. The van der Waals surface area contributed by atoms with Gasteiger partial charge in [0.1, 0.15) is 5.75 Å². The molecule has 4 atom stereocenters. The number of ether oxygens (including phenoxy) is 2. The first kappa shape index (κ1) is 17.7. The highest BCUT2D eigenvalue weighted by molar-refractivity contribution is 14.1. The normalized spacial score (nSPS) is 30.3. The third-order valence-corrected chi connectivity index (χ3v) is 7.00. The fraction of sp³-hybridized carbons (Fsp3) is 0.588. The molecule has 0 N–H and O–H groups in total. The molecule has 0 unspecified atom stereocenters. The summed E-state index contributed by atoms with van der Waals surface area (Å²) in [6.07, 6.45) is 3.28. The zero-order valence-electron chi connectivity index (χ0n) is 13.5. The summed E-state index contributed by atoms with van der Waals surface area (Å²) in [5, 5.41) is 0. The molecule has 126 valence electrons. The van der Waals surface area contributed by atoms with Crippen LogP contribution in [0.15, 0.2) is 12.1 Å². The smallest absolute Gasteiger partial charge is 0.310 e. The second-order valence-electron chi connectivity index (χ2n) is 6.37. The van der Waals surface area contributed by atoms with E-state index in [0.717, 1.165) is 25.7 Å². The molecular weight excluding hydrogens is 520 g/mol. The molecule has 23 heavy (non-hydrogen) atoms. The number of piperidine rings is 1. The number of hydrogen-bond donors (Lipinski definition) is 0. The Balaban J connectivity index is 2.01. The first-order chi connectivity index (χ1) is 11.0. The lowest BCUT2D eigenvalue weighted by molar-refractivity contribution is -0.150. The van der Waals surface area contributed by atoms with E-state index in [1.807, 2.05) is 0 Å². The van der Waals surface area contributed by atoms with Gasteiger partial charge in [0.2, 0.25) is 0 Å². The zero-order valence-corrected chi connectivity index (χ0v) is 17.8. The Labute approximate surface area is 164 Å². The maximum Gasteiger partial charge on any atom is 0.310 e. The molecule has 0 spiro atoms. The van der Waals surface area contributed by atoms with Crippen molar-refractivity contribution in [1.29, 1.82) is 0 Å². The lowest BCUT2D eigenvalue weighted by Crippen LogP contribution is -2.49. The second kappa shape index (κ2) is 7.03. The Morgan fingerprint density at radius 3 is 2.43 bits per heavy atom. The number of carbonyl (C=O) groups excluding carboxylic acids is 1. The molecule has 1 aromatic carbocycles. The molecule has 3 rings (SSSR count). The van der Waals surface area contributed by atoms with E-state index in [9.17, 15) is 4.79 Å². The van der Waals surface area contributed by atoms with E-state index in [1.165, 1.54) is 19.1 Å². The maximum atomic E-state index is 12.5. The molecule has 2 saturated heterocycles. The van der Waals surface area contributed by atoms with Crippen molar-refractivity contribution < 1.29 is 14.3 Å². The summed E-state index contributed by atoms with van der Waals surface area (Å²) >= 11 is 4.63. The van der Waals surface area contributed by atoms with Crippen LogP contribution in [-0.4, -0.2) is 44.2 Å². The first-order valence-electron chi connectivity index (χ1n) is 7.80. The molecule has 2 fully saturated rings. The van der Waals surface area contributed by atoms with Gasteiger partial charge in [0.15, 0.2) is 0 Å². The lowest BCUT2D eigenvalue weighted by atomic mass is 9.76. The van der Waals surface area contributed by atoms with E-state index in [2.05, 4.69) is 69.3 Å². The minimum atomic E-state index is -0.0799. The Hall–Kier alpha value is -0.0900. The van der Waals surface area contributed by atoms with Crippen LogP contribution in [0.3, 0.4) is 0 Å². The minimum absolute atomic E-state index is 0.0759. The lowest BCUT2D eigenvalue weighted by Gasteiger charge is -2.41. The van der Waals surface area contributed by atoms with Gasteiger partial charge in [0.25, 0.3) is 0 Å². The molecule has 0 aromatic heterocycles. The number of fused-ring (bicyclic) bond motifs is 2. The predicted molar refractivity (Wildman–Crippen MR) is 106 cm³/mol. The van der Waals surface area contributed by atoms with Crippen LogP contribution in [0.4, 0.5) is 0 Å². The van der Waals surface area contributed by atoms with Crippen LogP contribution in [0.1, 0.15) is 30.7 Å². The van der Waals surface area contributed by atoms with Crippen LogP contribution >= 0.6 is 45.2 Å². The van der Waals surface area contributed by atoms with E-state index < -0.39 is 0 Å². The standard InChI is InChI=1S/C17H21I2NO3/c1-20-10-4-5-14(20)15(17(21)23-3)11(8-10)9-6-12(18)16(22-2)13(19)7-9/h6-7,10-11,14-15H,4-5,8H2,1-3H3/t10-,11-,14-,15+/m1/s1. The van der Waals surface area contributed by atoms with Gasteiger partial charge < -0.3 is 9.47 Å². The highest BCUT2D eigenvalue weighted by atomic mass is 127. The topological polar surface area (TPSA) is 38.8 Å². The van der Waals surface area contributed by atoms with Gasteiger partial charge in [-0.1, -0.05) is 0 Å². The molecule has 0 aliphatic carbocycles. The SMILES string of the molecule is COC(=O)[C@H]1[C@@H](c2cc(I)c(OC)c(I)c2)C[C@H]2CC[C@H]1N2C. The number of benzene rings is 1. The van der Waals surface area contributed by atoms with Crippen molar-refractivity contribution in [2.24, 2.45) is 5.92 Å². The second-order valence-corrected chi connectivity index (χ2v) is 8.70. The van der Waals surface area contributed by atoms with Crippen molar-refractivity contribution in [3.05, 3.63) is 24.8 Å². The molecule has 2 bridgehead atoms. The van der Waals surface area contributed by atoms with Crippen molar-refractivity contribution in [2.45, 2.75) is 37.3 Å². The summed E-state index contributed by atoms with van der Waals surface area (Å²) < 4.78 is 12.8. The minimum Gasteiger partial charge on any atom is -0.495 e. The van der Waals surface area contributed by atoms with Crippen molar-refractivity contribution in [2.75, 3.05) is 21.3 Å². The summed E-state index contributed by atoms with van der Waals surface area (Å²) in [5.74, 6) is 0.987. The van der Waals surface area contributed by atoms with Crippen molar-refractivity contribution in [1.82, 2.24) is 4.90 Å². The van der Waals surface area contributed by atoms with Crippen molar-refractivity contribution in [3.8, 4) is 5.75 Å². The number of esters is 1. The molecule has 2 aliphatic heterocycles. The first-order valence-corrected chi connectivity index (χ1v) is 9.96. The van der Waals surface area contributed by atoms with Gasteiger partial charge in [0, 0.05) is 18.0 Å². The molecular formula is C17H21I2NO3. The van der Waals surface area contributed by atoms with E-state index in [-0.39, 0.29) is 17.8 Å². The average molecular weight is 541 g/mol. The zero-order chi connectivity index (χ0) is 16.7. The molecule has 0 radical (unpaired) electrons. The van der Waals surface area contributed by atoms with Gasteiger partial charge in [-0.3, -0.25) is 9.69 Å². The number of halogens is 2. The molecule has 6 heteroatoms. The molecule has 4 nitrogen and oxygen atoms in total. The summed E-state index contributed by atoms with van der Waals surface area (Å²) in [7, 11) is 5.35. The van der Waals surface area contributed by atoms with Crippen LogP contribution in [-0.2, 0) is 9.53 Å². The van der Waals surface area contributed by atoms with Gasteiger partial charge in [0.05, 0.1) is 27.3 Å². The number of methoxy groups -OCH3 is 2. The van der Waals surface area contributed by atoms with Gasteiger partial charge in [-0.15, -0.1) is 0 Å².